The van der Waals surface area contributed by atoms with E-state index in [1.807, 2.05) is 24.3 Å². The molecular weight excluding hydrogens is 354 g/mol. The molecule has 2 N–H and O–H groups in total. The van der Waals surface area contributed by atoms with Gasteiger partial charge in [0.1, 0.15) is 5.69 Å². The summed E-state index contributed by atoms with van der Waals surface area (Å²) in [5.74, 6) is 0.198. The average molecular weight is 371 g/mol. The highest BCUT2D eigenvalue weighted by molar-refractivity contribution is 6.13. The molecule has 0 unspecified atom stereocenters. The Bertz CT molecular complexity index is 1150. The van der Waals surface area contributed by atoms with E-state index < -0.39 is 0 Å². The van der Waals surface area contributed by atoms with Gasteiger partial charge in [-0.2, -0.15) is 0 Å². The molecule has 0 saturated carbocycles. The third-order valence-electron chi connectivity index (χ3n) is 4.20. The van der Waals surface area contributed by atoms with Crippen molar-refractivity contribution in [3.8, 4) is 11.5 Å². The summed E-state index contributed by atoms with van der Waals surface area (Å²) < 4.78 is 5.44. The highest BCUT2D eigenvalue weighted by atomic mass is 16.3. The monoisotopic (exact) mass is 371 g/mol. The van der Waals surface area contributed by atoms with Gasteiger partial charge < -0.3 is 15.1 Å². The van der Waals surface area contributed by atoms with Crippen LogP contribution >= 0.6 is 0 Å². The summed E-state index contributed by atoms with van der Waals surface area (Å²) >= 11 is 0. The summed E-state index contributed by atoms with van der Waals surface area (Å²) in [4.78, 5) is 28.7. The Balaban J connectivity index is 1.67. The molecule has 0 radical (unpaired) electrons. The quantitative estimate of drug-likeness (QED) is 0.544. The van der Waals surface area contributed by atoms with Crippen molar-refractivity contribution in [2.75, 3.05) is 10.6 Å². The van der Waals surface area contributed by atoms with Gasteiger partial charge in [0.05, 0.1) is 17.3 Å². The summed E-state index contributed by atoms with van der Waals surface area (Å²) in [6, 6.07) is 19.7. The van der Waals surface area contributed by atoms with E-state index in [9.17, 15) is 9.59 Å². The first-order valence-corrected chi connectivity index (χ1v) is 8.73. The zero-order valence-electron chi connectivity index (χ0n) is 15.1. The standard InChI is InChI=1S/C22H17N3O3/c1-14(26)23-15-8-10-16(11-9-15)24-22(27)18-13-20(21-7-4-12-28-21)25-19-6-3-2-5-17(18)19/h2-13H,1H3,(H,23,26)(H,24,27). The first-order chi connectivity index (χ1) is 13.6. The minimum atomic E-state index is -0.251. The molecule has 2 aromatic carbocycles. The Labute approximate surface area is 161 Å². The number of furan rings is 1. The van der Waals surface area contributed by atoms with Gasteiger partial charge in [0.25, 0.3) is 5.91 Å². The minimum absolute atomic E-state index is 0.148. The maximum atomic E-state index is 13.0. The predicted octanol–water partition coefficient (Wildman–Crippen LogP) is 4.71. The number of aromatic nitrogens is 1. The number of anilines is 2. The number of para-hydroxylation sites is 1. The summed E-state index contributed by atoms with van der Waals surface area (Å²) in [6.45, 7) is 1.45. The van der Waals surface area contributed by atoms with E-state index in [2.05, 4.69) is 15.6 Å². The lowest BCUT2D eigenvalue weighted by atomic mass is 10.1. The van der Waals surface area contributed by atoms with Crippen LogP contribution < -0.4 is 10.6 Å². The van der Waals surface area contributed by atoms with Gasteiger partial charge in [-0.15, -0.1) is 0 Å². The second-order valence-corrected chi connectivity index (χ2v) is 6.26. The molecule has 6 nitrogen and oxygen atoms in total. The van der Waals surface area contributed by atoms with Gasteiger partial charge in [0.15, 0.2) is 5.76 Å². The fraction of sp³-hybridized carbons (Fsp3) is 0.0455. The van der Waals surface area contributed by atoms with E-state index in [1.165, 1.54) is 6.92 Å². The van der Waals surface area contributed by atoms with Crippen LogP contribution in [0, 0.1) is 0 Å². The van der Waals surface area contributed by atoms with Gasteiger partial charge in [-0.25, -0.2) is 4.98 Å². The molecule has 2 amide bonds. The van der Waals surface area contributed by atoms with Gasteiger partial charge in [0, 0.05) is 23.7 Å². The van der Waals surface area contributed by atoms with Crippen LogP contribution in [-0.4, -0.2) is 16.8 Å². The molecule has 0 saturated heterocycles. The van der Waals surface area contributed by atoms with Gasteiger partial charge in [-0.05, 0) is 48.5 Å². The van der Waals surface area contributed by atoms with E-state index in [0.29, 0.717) is 33.9 Å². The first kappa shape index (κ1) is 17.5. The fourth-order valence-electron chi connectivity index (χ4n) is 2.95. The minimum Gasteiger partial charge on any atom is -0.463 e. The van der Waals surface area contributed by atoms with Crippen molar-refractivity contribution in [1.29, 1.82) is 0 Å². The molecule has 28 heavy (non-hydrogen) atoms. The topological polar surface area (TPSA) is 84.2 Å². The summed E-state index contributed by atoms with van der Waals surface area (Å²) in [6.07, 6.45) is 1.57. The zero-order chi connectivity index (χ0) is 19.5. The van der Waals surface area contributed by atoms with E-state index >= 15 is 0 Å². The number of fused-ring (bicyclic) bond motifs is 1. The van der Waals surface area contributed by atoms with Crippen molar-refractivity contribution < 1.29 is 14.0 Å². The third kappa shape index (κ3) is 3.61. The average Bonchev–Trinajstić information content (AvgIpc) is 3.23. The van der Waals surface area contributed by atoms with Crippen molar-refractivity contribution in [3.63, 3.8) is 0 Å². The maximum absolute atomic E-state index is 13.0. The lowest BCUT2D eigenvalue weighted by Gasteiger charge is -2.10. The van der Waals surface area contributed by atoms with Crippen LogP contribution in [0.1, 0.15) is 17.3 Å². The number of nitrogens with one attached hydrogen (secondary N) is 2. The normalized spacial score (nSPS) is 10.6. The largest absolute Gasteiger partial charge is 0.463 e. The maximum Gasteiger partial charge on any atom is 0.256 e. The van der Waals surface area contributed by atoms with Gasteiger partial charge in [-0.3, -0.25) is 9.59 Å². The van der Waals surface area contributed by atoms with Crippen molar-refractivity contribution in [3.05, 3.63) is 78.6 Å². The number of carbonyl (C=O) groups excluding carboxylic acids is 2. The number of nitrogens with zero attached hydrogens (tertiary/aromatic N) is 1. The van der Waals surface area contributed by atoms with E-state index in [-0.39, 0.29) is 11.8 Å². The second kappa shape index (κ2) is 7.36. The van der Waals surface area contributed by atoms with E-state index in [4.69, 9.17) is 4.42 Å². The van der Waals surface area contributed by atoms with Crippen molar-refractivity contribution in [2.45, 2.75) is 6.92 Å². The zero-order valence-corrected chi connectivity index (χ0v) is 15.1. The molecule has 0 atom stereocenters. The smallest absolute Gasteiger partial charge is 0.256 e. The molecule has 0 aliphatic heterocycles. The molecule has 0 spiro atoms. The van der Waals surface area contributed by atoms with Crippen LogP contribution in [0.15, 0.2) is 77.4 Å². The van der Waals surface area contributed by atoms with Crippen molar-refractivity contribution in [2.24, 2.45) is 0 Å². The predicted molar refractivity (Wildman–Crippen MR) is 108 cm³/mol. The Kier molecular flexibility index (Phi) is 4.60. The molecule has 2 aromatic heterocycles. The molecule has 138 valence electrons. The summed E-state index contributed by atoms with van der Waals surface area (Å²) in [5.41, 5.74) is 3.10. The van der Waals surface area contributed by atoms with Gasteiger partial charge in [0.2, 0.25) is 5.91 Å². The molecule has 0 aliphatic rings. The Morgan fingerprint density at radius 1 is 0.893 bits per heavy atom. The molecule has 0 bridgehead atoms. The van der Waals surface area contributed by atoms with E-state index in [1.54, 1.807) is 48.7 Å². The number of rotatable bonds is 4. The number of hydrogen-bond acceptors (Lipinski definition) is 4. The molecular formula is C22H17N3O3. The number of carbonyl (C=O) groups is 2. The van der Waals surface area contributed by atoms with Crippen molar-refractivity contribution >= 4 is 34.1 Å². The highest BCUT2D eigenvalue weighted by Gasteiger charge is 2.15. The molecule has 4 rings (SSSR count). The van der Waals surface area contributed by atoms with Crippen molar-refractivity contribution in [1.82, 2.24) is 4.98 Å². The molecule has 2 heterocycles. The lowest BCUT2D eigenvalue weighted by Crippen LogP contribution is -2.13. The molecule has 0 fully saturated rings. The number of benzene rings is 2. The van der Waals surface area contributed by atoms with Crippen LogP contribution in [0.4, 0.5) is 11.4 Å². The van der Waals surface area contributed by atoms with Crippen LogP contribution in [0.3, 0.4) is 0 Å². The van der Waals surface area contributed by atoms with Crippen LogP contribution in [0.2, 0.25) is 0 Å². The fourth-order valence-corrected chi connectivity index (χ4v) is 2.95. The Morgan fingerprint density at radius 3 is 2.29 bits per heavy atom. The molecule has 0 aliphatic carbocycles. The first-order valence-electron chi connectivity index (χ1n) is 8.73. The van der Waals surface area contributed by atoms with Crippen LogP contribution in [-0.2, 0) is 4.79 Å². The van der Waals surface area contributed by atoms with Gasteiger partial charge >= 0.3 is 0 Å². The molecule has 4 aromatic rings. The number of pyridine rings is 1. The van der Waals surface area contributed by atoms with Crippen LogP contribution in [0.25, 0.3) is 22.4 Å². The highest BCUT2D eigenvalue weighted by Crippen LogP contribution is 2.26. The Morgan fingerprint density at radius 2 is 1.61 bits per heavy atom. The van der Waals surface area contributed by atoms with E-state index in [0.717, 1.165) is 5.39 Å². The SMILES string of the molecule is CC(=O)Nc1ccc(NC(=O)c2cc(-c3ccco3)nc3ccccc23)cc1. The third-order valence-corrected chi connectivity index (χ3v) is 4.20. The molecule has 6 heteroatoms. The number of amides is 2. The number of hydrogen-bond donors (Lipinski definition) is 2. The summed E-state index contributed by atoms with van der Waals surface area (Å²) in [5, 5.41) is 6.34. The Hall–Kier alpha value is -3.93. The van der Waals surface area contributed by atoms with Gasteiger partial charge in [-0.1, -0.05) is 18.2 Å². The van der Waals surface area contributed by atoms with Crippen LogP contribution in [0.5, 0.6) is 0 Å². The summed E-state index contributed by atoms with van der Waals surface area (Å²) in [7, 11) is 0. The second-order valence-electron chi connectivity index (χ2n) is 6.26. The lowest BCUT2D eigenvalue weighted by molar-refractivity contribution is -0.114.